The van der Waals surface area contributed by atoms with Crippen LogP contribution in [0.4, 0.5) is 5.69 Å². The predicted octanol–water partition coefficient (Wildman–Crippen LogP) is 4.33. The summed E-state index contributed by atoms with van der Waals surface area (Å²) in [7, 11) is 0. The lowest BCUT2D eigenvalue weighted by molar-refractivity contribution is 0.102. The number of anilines is 1. The highest BCUT2D eigenvalue weighted by Gasteiger charge is 2.08. The third-order valence-electron chi connectivity index (χ3n) is 4.14. The topological polar surface area (TPSA) is 45.2 Å². The fraction of sp³-hybridized carbons (Fsp3) is 0.400. The molecule has 4 nitrogen and oxygen atoms in total. The summed E-state index contributed by atoms with van der Waals surface area (Å²) in [6.07, 6.45) is 2.60. The number of carbonyl (C=O) groups is 1. The Balaban J connectivity index is 1.89. The van der Waals surface area contributed by atoms with E-state index in [1.165, 1.54) is 5.56 Å². The van der Waals surface area contributed by atoms with E-state index in [1.807, 2.05) is 30.3 Å². The summed E-state index contributed by atoms with van der Waals surface area (Å²) in [5.41, 5.74) is 2.60. The number of rotatable bonds is 9. The summed E-state index contributed by atoms with van der Waals surface area (Å²) in [6.45, 7) is 9.65. The van der Waals surface area contributed by atoms with Gasteiger partial charge in [-0.1, -0.05) is 32.9 Å². The highest BCUT2D eigenvalue weighted by molar-refractivity contribution is 7.99. The SMILES string of the molecule is CCc1cccc(NC(=O)c2ccc(SCCN(CC)CC)nc2)c1. The van der Waals surface area contributed by atoms with Gasteiger partial charge in [-0.05, 0) is 49.3 Å². The van der Waals surface area contributed by atoms with E-state index in [1.54, 1.807) is 18.0 Å². The van der Waals surface area contributed by atoms with Gasteiger partial charge in [-0.2, -0.15) is 0 Å². The molecule has 0 spiro atoms. The van der Waals surface area contributed by atoms with Crippen molar-refractivity contribution in [3.63, 3.8) is 0 Å². The maximum atomic E-state index is 12.3. The summed E-state index contributed by atoms with van der Waals surface area (Å²) in [4.78, 5) is 19.1. The van der Waals surface area contributed by atoms with Crippen LogP contribution in [0.2, 0.25) is 0 Å². The number of thioether (sulfide) groups is 1. The van der Waals surface area contributed by atoms with Gasteiger partial charge < -0.3 is 10.2 Å². The molecule has 0 atom stereocenters. The van der Waals surface area contributed by atoms with Crippen LogP contribution in [0.1, 0.15) is 36.7 Å². The van der Waals surface area contributed by atoms with Crippen LogP contribution >= 0.6 is 11.8 Å². The van der Waals surface area contributed by atoms with Crippen molar-refractivity contribution in [1.82, 2.24) is 9.88 Å². The highest BCUT2D eigenvalue weighted by Crippen LogP contribution is 2.17. The van der Waals surface area contributed by atoms with E-state index in [2.05, 4.69) is 42.0 Å². The molecule has 2 rings (SSSR count). The summed E-state index contributed by atoms with van der Waals surface area (Å²) < 4.78 is 0. The average Bonchev–Trinajstić information content (AvgIpc) is 2.66. The number of hydrogen-bond donors (Lipinski definition) is 1. The summed E-state index contributed by atoms with van der Waals surface area (Å²) in [5.74, 6) is 0.879. The number of carbonyl (C=O) groups excluding carboxylic acids is 1. The van der Waals surface area contributed by atoms with E-state index >= 15 is 0 Å². The number of aryl methyl sites for hydroxylation is 1. The molecular weight excluding hydrogens is 330 g/mol. The Labute approximate surface area is 155 Å². The third-order valence-corrected chi connectivity index (χ3v) is 5.07. The molecular formula is C20H27N3OS. The Bertz CT molecular complexity index is 669. The Morgan fingerprint density at radius 1 is 1.16 bits per heavy atom. The molecule has 1 heterocycles. The molecule has 0 saturated heterocycles. The van der Waals surface area contributed by atoms with E-state index < -0.39 is 0 Å². The van der Waals surface area contributed by atoms with Gasteiger partial charge in [0.15, 0.2) is 0 Å². The van der Waals surface area contributed by atoms with Crippen LogP contribution in [0.3, 0.4) is 0 Å². The number of amides is 1. The van der Waals surface area contributed by atoms with E-state index in [0.717, 1.165) is 42.5 Å². The largest absolute Gasteiger partial charge is 0.322 e. The number of benzene rings is 1. The molecule has 0 aliphatic carbocycles. The molecule has 0 radical (unpaired) electrons. The van der Waals surface area contributed by atoms with Crippen LogP contribution in [0.25, 0.3) is 0 Å². The molecule has 0 aliphatic heterocycles. The second-order valence-electron chi connectivity index (χ2n) is 5.77. The van der Waals surface area contributed by atoms with E-state index in [9.17, 15) is 4.79 Å². The van der Waals surface area contributed by atoms with Gasteiger partial charge in [-0.15, -0.1) is 11.8 Å². The molecule has 1 N–H and O–H groups in total. The Kier molecular flexibility index (Phi) is 7.95. The predicted molar refractivity (Wildman–Crippen MR) is 107 cm³/mol. The van der Waals surface area contributed by atoms with Gasteiger partial charge in [0, 0.05) is 24.2 Å². The fourth-order valence-corrected chi connectivity index (χ4v) is 3.34. The van der Waals surface area contributed by atoms with Crippen molar-refractivity contribution in [3.05, 3.63) is 53.7 Å². The molecule has 25 heavy (non-hydrogen) atoms. The minimum atomic E-state index is -0.125. The quantitative estimate of drug-likeness (QED) is 0.679. The maximum Gasteiger partial charge on any atom is 0.257 e. The smallest absolute Gasteiger partial charge is 0.257 e. The van der Waals surface area contributed by atoms with Crippen molar-refractivity contribution < 1.29 is 4.79 Å². The van der Waals surface area contributed by atoms with E-state index in [-0.39, 0.29) is 5.91 Å². The molecule has 0 unspecified atom stereocenters. The summed E-state index contributed by atoms with van der Waals surface area (Å²) in [5, 5.41) is 3.89. The van der Waals surface area contributed by atoms with Gasteiger partial charge in [-0.25, -0.2) is 4.98 Å². The zero-order valence-corrected chi connectivity index (χ0v) is 16.1. The zero-order chi connectivity index (χ0) is 18.1. The van der Waals surface area contributed by atoms with Crippen LogP contribution in [0.5, 0.6) is 0 Å². The Morgan fingerprint density at radius 3 is 2.60 bits per heavy atom. The molecule has 5 heteroatoms. The minimum Gasteiger partial charge on any atom is -0.322 e. The molecule has 1 aromatic carbocycles. The second-order valence-corrected chi connectivity index (χ2v) is 6.88. The number of nitrogens with one attached hydrogen (secondary N) is 1. The molecule has 1 aromatic heterocycles. The van der Waals surface area contributed by atoms with Crippen molar-refractivity contribution in [2.45, 2.75) is 32.2 Å². The van der Waals surface area contributed by atoms with Crippen molar-refractivity contribution >= 4 is 23.4 Å². The number of hydrogen-bond acceptors (Lipinski definition) is 4. The molecule has 2 aromatic rings. The first-order valence-corrected chi connectivity index (χ1v) is 9.86. The molecule has 0 fully saturated rings. The van der Waals surface area contributed by atoms with Crippen LogP contribution in [-0.2, 0) is 6.42 Å². The van der Waals surface area contributed by atoms with Gasteiger partial charge in [-0.3, -0.25) is 4.79 Å². The van der Waals surface area contributed by atoms with Crippen LogP contribution < -0.4 is 5.32 Å². The fourth-order valence-electron chi connectivity index (χ4n) is 2.49. The highest BCUT2D eigenvalue weighted by atomic mass is 32.2. The van der Waals surface area contributed by atoms with Crippen LogP contribution in [0, 0.1) is 0 Å². The normalized spacial score (nSPS) is 10.9. The number of aromatic nitrogens is 1. The summed E-state index contributed by atoms with van der Waals surface area (Å²) in [6, 6.07) is 11.7. The minimum absolute atomic E-state index is 0.125. The van der Waals surface area contributed by atoms with Gasteiger partial charge in [0.1, 0.15) is 0 Å². The molecule has 0 aliphatic rings. The van der Waals surface area contributed by atoms with Crippen LogP contribution in [-0.4, -0.2) is 41.2 Å². The van der Waals surface area contributed by atoms with Gasteiger partial charge >= 0.3 is 0 Å². The number of nitrogens with zero attached hydrogens (tertiary/aromatic N) is 2. The lowest BCUT2D eigenvalue weighted by Crippen LogP contribution is -2.25. The van der Waals surface area contributed by atoms with Gasteiger partial charge in [0.2, 0.25) is 0 Å². The second kappa shape index (κ2) is 10.2. The first-order chi connectivity index (χ1) is 12.2. The number of pyridine rings is 1. The lowest BCUT2D eigenvalue weighted by Gasteiger charge is -2.17. The van der Waals surface area contributed by atoms with Crippen molar-refractivity contribution in [2.75, 3.05) is 30.7 Å². The van der Waals surface area contributed by atoms with E-state index in [0.29, 0.717) is 5.56 Å². The molecule has 0 saturated carbocycles. The van der Waals surface area contributed by atoms with E-state index in [4.69, 9.17) is 0 Å². The van der Waals surface area contributed by atoms with Gasteiger partial charge in [0.05, 0.1) is 10.6 Å². The van der Waals surface area contributed by atoms with Gasteiger partial charge in [0.25, 0.3) is 5.91 Å². The Hall–Kier alpha value is -1.85. The Morgan fingerprint density at radius 2 is 1.96 bits per heavy atom. The first-order valence-electron chi connectivity index (χ1n) is 8.87. The maximum absolute atomic E-state index is 12.3. The van der Waals surface area contributed by atoms with Crippen molar-refractivity contribution in [1.29, 1.82) is 0 Å². The first kappa shape index (κ1) is 19.5. The standard InChI is InChI=1S/C20H27N3OS/c1-4-16-8-7-9-18(14-16)22-20(24)17-10-11-19(21-15-17)25-13-12-23(5-2)6-3/h7-11,14-15H,4-6,12-13H2,1-3H3,(H,22,24). The molecule has 134 valence electrons. The van der Waals surface area contributed by atoms with Crippen LogP contribution in [0.15, 0.2) is 47.6 Å². The monoisotopic (exact) mass is 357 g/mol. The molecule has 1 amide bonds. The lowest BCUT2D eigenvalue weighted by atomic mass is 10.1. The van der Waals surface area contributed by atoms with Crippen molar-refractivity contribution in [2.24, 2.45) is 0 Å². The third kappa shape index (κ3) is 6.18. The average molecular weight is 358 g/mol. The molecule has 0 bridgehead atoms. The van der Waals surface area contributed by atoms with Crippen molar-refractivity contribution in [3.8, 4) is 0 Å². The zero-order valence-electron chi connectivity index (χ0n) is 15.3. The summed E-state index contributed by atoms with van der Waals surface area (Å²) >= 11 is 1.72.